The van der Waals surface area contributed by atoms with E-state index >= 15 is 0 Å². The van der Waals surface area contributed by atoms with Gasteiger partial charge in [0.2, 0.25) is 0 Å². The summed E-state index contributed by atoms with van der Waals surface area (Å²) >= 11 is 0. The van der Waals surface area contributed by atoms with Gasteiger partial charge < -0.3 is 9.64 Å². The molecule has 0 saturated heterocycles. The SMILES string of the molecule is C=C(C)C(=O)N(C)C(C)OC. The minimum atomic E-state index is -0.195. The van der Waals surface area contributed by atoms with Crippen molar-refractivity contribution in [1.29, 1.82) is 0 Å². The van der Waals surface area contributed by atoms with E-state index in [0.29, 0.717) is 5.57 Å². The van der Waals surface area contributed by atoms with Crippen LogP contribution in [0.5, 0.6) is 0 Å². The fraction of sp³-hybridized carbons (Fsp3) is 0.625. The van der Waals surface area contributed by atoms with Gasteiger partial charge in [-0.25, -0.2) is 0 Å². The zero-order valence-electron chi connectivity index (χ0n) is 7.55. The van der Waals surface area contributed by atoms with E-state index in [-0.39, 0.29) is 12.1 Å². The molecule has 1 amide bonds. The molecule has 0 aromatic carbocycles. The van der Waals surface area contributed by atoms with Crippen molar-refractivity contribution in [3.05, 3.63) is 12.2 Å². The lowest BCUT2D eigenvalue weighted by Gasteiger charge is -2.23. The molecular formula is C8H15NO2. The van der Waals surface area contributed by atoms with Crippen LogP contribution in [0.2, 0.25) is 0 Å². The van der Waals surface area contributed by atoms with E-state index in [4.69, 9.17) is 4.74 Å². The van der Waals surface area contributed by atoms with E-state index in [9.17, 15) is 4.79 Å². The third-order valence-corrected chi connectivity index (χ3v) is 1.57. The molecule has 0 fully saturated rings. The number of carbonyl (C=O) groups excluding carboxylic acids is 1. The normalized spacial score (nSPS) is 12.4. The molecule has 11 heavy (non-hydrogen) atoms. The van der Waals surface area contributed by atoms with Gasteiger partial charge in [-0.15, -0.1) is 0 Å². The van der Waals surface area contributed by atoms with Crippen molar-refractivity contribution >= 4 is 5.91 Å². The number of carbonyl (C=O) groups is 1. The molecule has 0 aliphatic carbocycles. The Kier molecular flexibility index (Phi) is 3.82. The van der Waals surface area contributed by atoms with Crippen molar-refractivity contribution < 1.29 is 9.53 Å². The van der Waals surface area contributed by atoms with Crippen molar-refractivity contribution in [2.45, 2.75) is 20.1 Å². The zero-order valence-corrected chi connectivity index (χ0v) is 7.55. The number of amides is 1. The van der Waals surface area contributed by atoms with Gasteiger partial charge in [0.1, 0.15) is 6.23 Å². The molecule has 0 aliphatic heterocycles. The van der Waals surface area contributed by atoms with Gasteiger partial charge in [0.25, 0.3) is 5.91 Å². The molecule has 0 aromatic rings. The van der Waals surface area contributed by atoms with Crippen molar-refractivity contribution in [2.24, 2.45) is 0 Å². The molecular weight excluding hydrogens is 142 g/mol. The van der Waals surface area contributed by atoms with Gasteiger partial charge in [0.15, 0.2) is 0 Å². The van der Waals surface area contributed by atoms with Crippen LogP contribution in [-0.4, -0.2) is 31.2 Å². The summed E-state index contributed by atoms with van der Waals surface area (Å²) in [5.41, 5.74) is 0.524. The van der Waals surface area contributed by atoms with Crippen LogP contribution in [0.4, 0.5) is 0 Å². The maximum atomic E-state index is 11.2. The monoisotopic (exact) mass is 157 g/mol. The minimum Gasteiger partial charge on any atom is -0.362 e. The van der Waals surface area contributed by atoms with Crippen LogP contribution in [-0.2, 0) is 9.53 Å². The van der Waals surface area contributed by atoms with Crippen LogP contribution in [0.25, 0.3) is 0 Å². The standard InChI is InChI=1S/C8H15NO2/c1-6(2)8(10)9(4)7(3)11-5/h7H,1H2,2-5H3. The molecule has 0 spiro atoms. The van der Waals surface area contributed by atoms with Crippen molar-refractivity contribution in [1.82, 2.24) is 4.90 Å². The Morgan fingerprint density at radius 2 is 2.09 bits per heavy atom. The van der Waals surface area contributed by atoms with Gasteiger partial charge in [0.05, 0.1) is 0 Å². The van der Waals surface area contributed by atoms with Crippen LogP contribution < -0.4 is 0 Å². The van der Waals surface area contributed by atoms with Gasteiger partial charge in [-0.3, -0.25) is 4.79 Å². The number of hydrogen-bond acceptors (Lipinski definition) is 2. The fourth-order valence-electron chi connectivity index (χ4n) is 0.624. The third-order valence-electron chi connectivity index (χ3n) is 1.57. The number of methoxy groups -OCH3 is 1. The number of ether oxygens (including phenoxy) is 1. The summed E-state index contributed by atoms with van der Waals surface area (Å²) in [6.07, 6.45) is -0.195. The summed E-state index contributed by atoms with van der Waals surface area (Å²) < 4.78 is 4.95. The highest BCUT2D eigenvalue weighted by Gasteiger charge is 2.14. The van der Waals surface area contributed by atoms with Crippen LogP contribution in [0.3, 0.4) is 0 Å². The first kappa shape index (κ1) is 10.2. The summed E-state index contributed by atoms with van der Waals surface area (Å²) in [5, 5.41) is 0. The van der Waals surface area contributed by atoms with Gasteiger partial charge in [-0.2, -0.15) is 0 Å². The van der Waals surface area contributed by atoms with Crippen LogP contribution in [0.15, 0.2) is 12.2 Å². The second kappa shape index (κ2) is 4.13. The van der Waals surface area contributed by atoms with Crippen LogP contribution in [0.1, 0.15) is 13.8 Å². The van der Waals surface area contributed by atoms with Gasteiger partial charge in [-0.1, -0.05) is 6.58 Å². The number of likely N-dealkylation sites (N-methyl/N-ethyl adjacent to an activating group) is 1. The smallest absolute Gasteiger partial charge is 0.250 e. The summed E-state index contributed by atoms with van der Waals surface area (Å²) in [4.78, 5) is 12.7. The topological polar surface area (TPSA) is 29.5 Å². The molecule has 1 atom stereocenters. The lowest BCUT2D eigenvalue weighted by Crippen LogP contribution is -2.36. The summed E-state index contributed by atoms with van der Waals surface area (Å²) in [7, 11) is 3.25. The molecule has 0 aliphatic rings. The number of hydrogen-bond donors (Lipinski definition) is 0. The fourth-order valence-corrected chi connectivity index (χ4v) is 0.624. The van der Waals surface area contributed by atoms with Crippen molar-refractivity contribution in [3.63, 3.8) is 0 Å². The molecule has 0 saturated carbocycles. The first-order valence-electron chi connectivity index (χ1n) is 3.46. The Hall–Kier alpha value is -0.830. The Morgan fingerprint density at radius 1 is 1.64 bits per heavy atom. The molecule has 0 radical (unpaired) electrons. The minimum absolute atomic E-state index is 0.0839. The van der Waals surface area contributed by atoms with E-state index in [1.807, 2.05) is 0 Å². The number of rotatable bonds is 3. The van der Waals surface area contributed by atoms with Crippen LogP contribution >= 0.6 is 0 Å². The molecule has 3 nitrogen and oxygen atoms in total. The molecule has 1 unspecified atom stereocenters. The van der Waals surface area contributed by atoms with Crippen molar-refractivity contribution in [3.8, 4) is 0 Å². The Labute approximate surface area is 67.6 Å². The second-order valence-corrected chi connectivity index (χ2v) is 2.53. The summed E-state index contributed by atoms with van der Waals surface area (Å²) in [6, 6.07) is 0. The Morgan fingerprint density at radius 3 is 2.36 bits per heavy atom. The molecule has 0 heterocycles. The number of nitrogens with zero attached hydrogens (tertiary/aromatic N) is 1. The lowest BCUT2D eigenvalue weighted by molar-refractivity contribution is -0.135. The highest BCUT2D eigenvalue weighted by Crippen LogP contribution is 2.01. The average molecular weight is 157 g/mol. The highest BCUT2D eigenvalue weighted by molar-refractivity contribution is 5.92. The van der Waals surface area contributed by atoms with E-state index in [2.05, 4.69) is 6.58 Å². The van der Waals surface area contributed by atoms with Gasteiger partial charge in [0, 0.05) is 19.7 Å². The highest BCUT2D eigenvalue weighted by atomic mass is 16.5. The van der Waals surface area contributed by atoms with E-state index in [1.54, 1.807) is 28.0 Å². The molecule has 0 N–H and O–H groups in total. The molecule has 0 aromatic heterocycles. The average Bonchev–Trinajstić information content (AvgIpc) is 2.00. The maximum Gasteiger partial charge on any atom is 0.250 e. The molecule has 64 valence electrons. The Bertz CT molecular complexity index is 165. The second-order valence-electron chi connectivity index (χ2n) is 2.53. The maximum absolute atomic E-state index is 11.2. The zero-order chi connectivity index (χ0) is 9.02. The predicted molar refractivity (Wildman–Crippen MR) is 44.1 cm³/mol. The largest absolute Gasteiger partial charge is 0.362 e. The summed E-state index contributed by atoms with van der Waals surface area (Å²) in [5.74, 6) is -0.0839. The molecule has 0 bridgehead atoms. The lowest BCUT2D eigenvalue weighted by atomic mass is 10.3. The van der Waals surface area contributed by atoms with Crippen molar-refractivity contribution in [2.75, 3.05) is 14.2 Å². The first-order chi connectivity index (χ1) is 5.00. The quantitative estimate of drug-likeness (QED) is 0.452. The third kappa shape index (κ3) is 2.72. The van der Waals surface area contributed by atoms with E-state index < -0.39 is 0 Å². The Balaban J connectivity index is 4.13. The van der Waals surface area contributed by atoms with E-state index in [0.717, 1.165) is 0 Å². The van der Waals surface area contributed by atoms with Crippen LogP contribution in [0, 0.1) is 0 Å². The molecule has 3 heteroatoms. The molecule has 0 rings (SSSR count). The summed E-state index contributed by atoms with van der Waals surface area (Å²) in [6.45, 7) is 7.03. The van der Waals surface area contributed by atoms with Gasteiger partial charge in [-0.05, 0) is 13.8 Å². The van der Waals surface area contributed by atoms with E-state index in [1.165, 1.54) is 4.90 Å². The first-order valence-corrected chi connectivity index (χ1v) is 3.46. The predicted octanol–water partition coefficient (Wildman–Crippen LogP) is 1.01. The van der Waals surface area contributed by atoms with Gasteiger partial charge >= 0.3 is 0 Å².